The molecular weight excluding hydrogens is 382 g/mol. The van der Waals surface area contributed by atoms with E-state index in [0.717, 1.165) is 39.5 Å². The van der Waals surface area contributed by atoms with Crippen LogP contribution in [0.15, 0.2) is 84.0 Å². The summed E-state index contributed by atoms with van der Waals surface area (Å²) >= 11 is 1.66. The summed E-state index contributed by atoms with van der Waals surface area (Å²) in [7, 11) is 3.32. The molecule has 0 bridgehead atoms. The molecule has 146 valence electrons. The monoisotopic (exact) mass is 403 g/mol. The van der Waals surface area contributed by atoms with Crippen LogP contribution in [0.3, 0.4) is 0 Å². The highest BCUT2D eigenvalue weighted by Gasteiger charge is 2.16. The Morgan fingerprint density at radius 1 is 0.759 bits per heavy atom. The zero-order valence-electron chi connectivity index (χ0n) is 16.3. The first-order valence-electron chi connectivity index (χ1n) is 9.19. The number of nitrogens with zero attached hydrogens (tertiary/aromatic N) is 3. The summed E-state index contributed by atoms with van der Waals surface area (Å²) in [4.78, 5) is 0. The predicted molar refractivity (Wildman–Crippen MR) is 116 cm³/mol. The maximum Gasteiger partial charge on any atom is 0.196 e. The van der Waals surface area contributed by atoms with Crippen LogP contribution in [-0.2, 0) is 5.75 Å². The maximum absolute atomic E-state index is 5.30. The summed E-state index contributed by atoms with van der Waals surface area (Å²) in [5.74, 6) is 3.22. The van der Waals surface area contributed by atoms with E-state index in [4.69, 9.17) is 9.47 Å². The van der Waals surface area contributed by atoms with Gasteiger partial charge in [-0.3, -0.25) is 4.57 Å². The van der Waals surface area contributed by atoms with Crippen LogP contribution in [-0.4, -0.2) is 29.0 Å². The first-order valence-corrected chi connectivity index (χ1v) is 10.2. The topological polar surface area (TPSA) is 49.2 Å². The van der Waals surface area contributed by atoms with Crippen molar-refractivity contribution in [2.45, 2.75) is 10.9 Å². The molecule has 0 unspecified atom stereocenters. The molecule has 29 heavy (non-hydrogen) atoms. The van der Waals surface area contributed by atoms with Crippen LogP contribution in [0, 0.1) is 0 Å². The molecule has 0 radical (unpaired) electrons. The molecule has 0 saturated carbocycles. The lowest BCUT2D eigenvalue weighted by molar-refractivity contribution is 0.414. The van der Waals surface area contributed by atoms with E-state index in [2.05, 4.69) is 26.9 Å². The molecule has 3 aromatic carbocycles. The second-order valence-corrected chi connectivity index (χ2v) is 7.28. The van der Waals surface area contributed by atoms with Crippen molar-refractivity contribution in [1.82, 2.24) is 14.8 Å². The summed E-state index contributed by atoms with van der Waals surface area (Å²) in [6.07, 6.45) is 0. The number of methoxy groups -OCH3 is 2. The van der Waals surface area contributed by atoms with Crippen LogP contribution >= 0.6 is 11.8 Å². The first-order chi connectivity index (χ1) is 14.3. The molecule has 0 spiro atoms. The van der Waals surface area contributed by atoms with Crippen molar-refractivity contribution < 1.29 is 9.47 Å². The Hall–Kier alpha value is -3.25. The van der Waals surface area contributed by atoms with E-state index in [1.807, 2.05) is 66.7 Å². The molecule has 0 fully saturated rings. The normalized spacial score (nSPS) is 10.7. The Balaban J connectivity index is 1.72. The highest BCUT2D eigenvalue weighted by Crippen LogP contribution is 2.31. The Kier molecular flexibility index (Phi) is 5.81. The second kappa shape index (κ2) is 8.84. The second-order valence-electron chi connectivity index (χ2n) is 6.34. The minimum atomic E-state index is 0.786. The third-order valence-electron chi connectivity index (χ3n) is 4.52. The minimum Gasteiger partial charge on any atom is -0.497 e. The van der Waals surface area contributed by atoms with E-state index in [-0.39, 0.29) is 0 Å². The highest BCUT2D eigenvalue weighted by atomic mass is 32.2. The van der Waals surface area contributed by atoms with Gasteiger partial charge in [-0.05, 0) is 54.1 Å². The van der Waals surface area contributed by atoms with Crippen LogP contribution in [0.25, 0.3) is 17.1 Å². The van der Waals surface area contributed by atoms with E-state index < -0.39 is 0 Å². The molecule has 1 heterocycles. The van der Waals surface area contributed by atoms with Crippen LogP contribution in [0.5, 0.6) is 11.5 Å². The average Bonchev–Trinajstić information content (AvgIpc) is 3.22. The molecule has 6 heteroatoms. The van der Waals surface area contributed by atoms with Crippen LogP contribution in [0.1, 0.15) is 5.56 Å². The number of hydrogen-bond acceptors (Lipinski definition) is 5. The van der Waals surface area contributed by atoms with Gasteiger partial charge in [0.1, 0.15) is 11.5 Å². The summed E-state index contributed by atoms with van der Waals surface area (Å²) in [5.41, 5.74) is 3.20. The van der Waals surface area contributed by atoms with Crippen molar-refractivity contribution in [1.29, 1.82) is 0 Å². The summed E-state index contributed by atoms with van der Waals surface area (Å²) < 4.78 is 12.7. The zero-order valence-corrected chi connectivity index (χ0v) is 17.1. The summed E-state index contributed by atoms with van der Waals surface area (Å²) in [6, 6.07) is 26.1. The highest BCUT2D eigenvalue weighted by molar-refractivity contribution is 7.98. The fourth-order valence-electron chi connectivity index (χ4n) is 2.98. The molecular formula is C23H21N3O2S. The number of ether oxygens (including phenoxy) is 2. The van der Waals surface area contributed by atoms with Gasteiger partial charge in [0.25, 0.3) is 0 Å². The first kappa shape index (κ1) is 19.1. The van der Waals surface area contributed by atoms with Crippen molar-refractivity contribution >= 4 is 11.8 Å². The van der Waals surface area contributed by atoms with Crippen molar-refractivity contribution in [3.8, 4) is 28.6 Å². The van der Waals surface area contributed by atoms with Crippen molar-refractivity contribution in [2.24, 2.45) is 0 Å². The van der Waals surface area contributed by atoms with Gasteiger partial charge in [0.15, 0.2) is 11.0 Å². The lowest BCUT2D eigenvalue weighted by Gasteiger charge is -2.11. The molecule has 0 aliphatic carbocycles. The Morgan fingerprint density at radius 2 is 1.38 bits per heavy atom. The average molecular weight is 404 g/mol. The number of thioether (sulfide) groups is 1. The van der Waals surface area contributed by atoms with Gasteiger partial charge in [0, 0.05) is 17.0 Å². The van der Waals surface area contributed by atoms with Gasteiger partial charge >= 0.3 is 0 Å². The van der Waals surface area contributed by atoms with Crippen LogP contribution in [0.2, 0.25) is 0 Å². The molecule has 4 aromatic rings. The Labute approximate surface area is 174 Å². The van der Waals surface area contributed by atoms with Crippen molar-refractivity contribution in [2.75, 3.05) is 14.2 Å². The maximum atomic E-state index is 5.30. The van der Waals surface area contributed by atoms with Gasteiger partial charge in [-0.15, -0.1) is 10.2 Å². The van der Waals surface area contributed by atoms with Gasteiger partial charge < -0.3 is 9.47 Å². The van der Waals surface area contributed by atoms with Gasteiger partial charge in [-0.2, -0.15) is 0 Å². The molecule has 0 saturated heterocycles. The van der Waals surface area contributed by atoms with E-state index in [1.54, 1.807) is 26.0 Å². The summed E-state index contributed by atoms with van der Waals surface area (Å²) in [6.45, 7) is 0. The third kappa shape index (κ3) is 4.27. The number of aromatic nitrogens is 3. The molecule has 5 nitrogen and oxygen atoms in total. The quantitative estimate of drug-likeness (QED) is 0.395. The fraction of sp³-hybridized carbons (Fsp3) is 0.130. The number of benzene rings is 3. The smallest absolute Gasteiger partial charge is 0.196 e. The SMILES string of the molecule is COc1ccc(-c2nnc(SCc3ccccc3)n2-c2ccc(OC)cc2)cc1. The van der Waals surface area contributed by atoms with Crippen LogP contribution in [0.4, 0.5) is 0 Å². The summed E-state index contributed by atoms with van der Waals surface area (Å²) in [5, 5.41) is 9.81. The molecule has 0 aliphatic heterocycles. The van der Waals surface area contributed by atoms with Gasteiger partial charge in [0.05, 0.1) is 14.2 Å². The van der Waals surface area contributed by atoms with E-state index in [1.165, 1.54) is 5.56 Å². The standard InChI is InChI=1S/C23H21N3O2S/c1-27-20-12-8-18(9-13-20)22-24-25-23(29-16-17-6-4-3-5-7-17)26(22)19-10-14-21(28-2)15-11-19/h3-15H,16H2,1-2H3. The van der Waals surface area contributed by atoms with Gasteiger partial charge in [-0.25, -0.2) is 0 Å². The van der Waals surface area contributed by atoms with Crippen LogP contribution < -0.4 is 9.47 Å². The number of rotatable bonds is 7. The van der Waals surface area contributed by atoms with Gasteiger partial charge in [0.2, 0.25) is 0 Å². The van der Waals surface area contributed by atoms with E-state index in [9.17, 15) is 0 Å². The lowest BCUT2D eigenvalue weighted by Crippen LogP contribution is -2.00. The predicted octanol–water partition coefficient (Wildman–Crippen LogP) is 5.24. The Bertz CT molecular complexity index is 1060. The number of hydrogen-bond donors (Lipinski definition) is 0. The lowest BCUT2D eigenvalue weighted by atomic mass is 10.2. The molecule has 1 aromatic heterocycles. The molecule has 0 aliphatic rings. The van der Waals surface area contributed by atoms with E-state index >= 15 is 0 Å². The van der Waals surface area contributed by atoms with Crippen molar-refractivity contribution in [3.63, 3.8) is 0 Å². The molecule has 0 amide bonds. The van der Waals surface area contributed by atoms with Gasteiger partial charge in [-0.1, -0.05) is 42.1 Å². The molecule has 0 atom stereocenters. The van der Waals surface area contributed by atoms with E-state index in [0.29, 0.717) is 0 Å². The van der Waals surface area contributed by atoms with Crippen molar-refractivity contribution in [3.05, 3.63) is 84.4 Å². The third-order valence-corrected chi connectivity index (χ3v) is 5.52. The Morgan fingerprint density at radius 3 is 2.00 bits per heavy atom. The molecule has 0 N–H and O–H groups in total. The zero-order chi connectivity index (χ0) is 20.1. The molecule has 4 rings (SSSR count). The minimum absolute atomic E-state index is 0.786. The largest absolute Gasteiger partial charge is 0.497 e. The fourth-order valence-corrected chi connectivity index (χ4v) is 3.88.